The molecule has 0 N–H and O–H groups in total. The van der Waals surface area contributed by atoms with Crippen molar-refractivity contribution in [2.75, 3.05) is 0 Å². The van der Waals surface area contributed by atoms with Gasteiger partial charge in [-0.1, -0.05) is 23.3 Å². The highest BCUT2D eigenvalue weighted by Crippen LogP contribution is 2.21. The van der Waals surface area contributed by atoms with E-state index in [9.17, 15) is 10.1 Å². The zero-order valence-electron chi connectivity index (χ0n) is 7.90. The van der Waals surface area contributed by atoms with E-state index in [1.807, 2.05) is 19.9 Å². The van der Waals surface area contributed by atoms with Gasteiger partial charge in [0.2, 0.25) is 0 Å². The molecule has 1 heterocycles. The minimum atomic E-state index is -0.596. The van der Waals surface area contributed by atoms with Crippen molar-refractivity contribution in [1.29, 1.82) is 0 Å². The van der Waals surface area contributed by atoms with Crippen LogP contribution in [0.15, 0.2) is 17.8 Å². The van der Waals surface area contributed by atoms with E-state index in [2.05, 4.69) is 5.10 Å². The van der Waals surface area contributed by atoms with Crippen LogP contribution in [0.4, 0.5) is 5.82 Å². The molecule has 0 amide bonds. The molecule has 0 bridgehead atoms. The summed E-state index contributed by atoms with van der Waals surface area (Å²) in [6, 6.07) is 0. The summed E-state index contributed by atoms with van der Waals surface area (Å²) in [5.74, 6) is -0.297. The average Bonchev–Trinajstić information content (AvgIpc) is 2.43. The summed E-state index contributed by atoms with van der Waals surface area (Å²) in [7, 11) is 0. The van der Waals surface area contributed by atoms with Crippen molar-refractivity contribution in [3.8, 4) is 0 Å². The molecule has 0 saturated heterocycles. The van der Waals surface area contributed by atoms with E-state index in [4.69, 9.17) is 11.6 Å². The lowest BCUT2D eigenvalue weighted by Crippen LogP contribution is -1.97. The van der Waals surface area contributed by atoms with Gasteiger partial charge in [-0.3, -0.25) is 0 Å². The van der Waals surface area contributed by atoms with E-state index < -0.39 is 4.92 Å². The summed E-state index contributed by atoms with van der Waals surface area (Å²) in [6.07, 6.45) is 3.35. The molecule has 14 heavy (non-hydrogen) atoms. The van der Waals surface area contributed by atoms with Gasteiger partial charge in [0.1, 0.15) is 0 Å². The Bertz CT molecular complexity index is 380. The van der Waals surface area contributed by atoms with E-state index in [-0.39, 0.29) is 10.8 Å². The number of allylic oxidation sites excluding steroid dienone is 2. The van der Waals surface area contributed by atoms with Gasteiger partial charge in [0.05, 0.1) is 17.8 Å². The van der Waals surface area contributed by atoms with Crippen molar-refractivity contribution in [2.24, 2.45) is 0 Å². The summed E-state index contributed by atoms with van der Waals surface area (Å²) < 4.78 is 1.44. The minimum absolute atomic E-state index is 0.0668. The Kier molecular flexibility index (Phi) is 3.24. The number of hydrogen-bond donors (Lipinski definition) is 0. The first-order valence-corrected chi connectivity index (χ1v) is 4.39. The van der Waals surface area contributed by atoms with E-state index in [1.54, 1.807) is 0 Å². The lowest BCUT2D eigenvalue weighted by molar-refractivity contribution is -0.389. The number of halogens is 1. The molecule has 0 unspecified atom stereocenters. The highest BCUT2D eigenvalue weighted by atomic mass is 35.5. The molecule has 0 saturated carbocycles. The van der Waals surface area contributed by atoms with Crippen LogP contribution in [-0.4, -0.2) is 14.7 Å². The predicted octanol–water partition coefficient (Wildman–Crippen LogP) is 2.41. The number of aromatic nitrogens is 2. The number of hydrogen-bond acceptors (Lipinski definition) is 3. The maximum Gasteiger partial charge on any atom is 0.408 e. The van der Waals surface area contributed by atoms with Crippen molar-refractivity contribution in [3.63, 3.8) is 0 Å². The average molecular weight is 216 g/mol. The van der Waals surface area contributed by atoms with Crippen molar-refractivity contribution in [2.45, 2.75) is 20.4 Å². The molecule has 0 radical (unpaired) electrons. The van der Waals surface area contributed by atoms with E-state index in [0.717, 1.165) is 5.57 Å². The van der Waals surface area contributed by atoms with Gasteiger partial charge in [-0.05, 0) is 18.8 Å². The lowest BCUT2D eigenvalue weighted by atomic mass is 10.3. The second-order valence-corrected chi connectivity index (χ2v) is 3.47. The van der Waals surface area contributed by atoms with Gasteiger partial charge in [-0.15, -0.1) is 0 Å². The third-order valence-electron chi connectivity index (χ3n) is 1.56. The van der Waals surface area contributed by atoms with Gasteiger partial charge in [0, 0.05) is 0 Å². The summed E-state index contributed by atoms with van der Waals surface area (Å²) in [4.78, 5) is 9.81. The molecule has 0 aliphatic carbocycles. The highest BCUT2D eigenvalue weighted by molar-refractivity contribution is 6.32. The van der Waals surface area contributed by atoms with Crippen LogP contribution in [0.3, 0.4) is 0 Å². The van der Waals surface area contributed by atoms with Crippen molar-refractivity contribution in [1.82, 2.24) is 9.78 Å². The van der Waals surface area contributed by atoms with Gasteiger partial charge in [-0.2, -0.15) is 4.68 Å². The monoisotopic (exact) mass is 215 g/mol. The molecule has 1 aromatic heterocycles. The molecule has 0 aliphatic heterocycles. The Morgan fingerprint density at radius 3 is 2.86 bits per heavy atom. The first kappa shape index (κ1) is 10.7. The molecule has 5 nitrogen and oxygen atoms in total. The molecule has 76 valence electrons. The van der Waals surface area contributed by atoms with Crippen molar-refractivity contribution < 1.29 is 4.92 Å². The molecular weight excluding hydrogens is 206 g/mol. The van der Waals surface area contributed by atoms with Crippen LogP contribution in [-0.2, 0) is 6.54 Å². The van der Waals surface area contributed by atoms with Crippen LogP contribution >= 0.6 is 11.6 Å². The summed E-state index contributed by atoms with van der Waals surface area (Å²) in [5, 5.41) is 14.2. The predicted molar refractivity (Wildman–Crippen MR) is 53.3 cm³/mol. The lowest BCUT2D eigenvalue weighted by Gasteiger charge is -1.89. The minimum Gasteiger partial charge on any atom is -0.358 e. The third-order valence-corrected chi connectivity index (χ3v) is 1.83. The second-order valence-electron chi connectivity index (χ2n) is 3.06. The number of nitro groups is 1. The molecule has 1 rings (SSSR count). The largest absolute Gasteiger partial charge is 0.408 e. The fourth-order valence-corrected chi connectivity index (χ4v) is 1.10. The molecule has 0 spiro atoms. The van der Waals surface area contributed by atoms with Gasteiger partial charge in [0.15, 0.2) is 5.02 Å². The Hall–Kier alpha value is -1.36. The first-order valence-electron chi connectivity index (χ1n) is 4.01. The maximum atomic E-state index is 10.4. The van der Waals surface area contributed by atoms with Crippen molar-refractivity contribution in [3.05, 3.63) is 33.0 Å². The highest BCUT2D eigenvalue weighted by Gasteiger charge is 2.17. The molecular formula is C8H10ClN3O2. The Labute approximate surface area is 86.1 Å². The van der Waals surface area contributed by atoms with Crippen LogP contribution in [0.2, 0.25) is 5.02 Å². The summed E-state index contributed by atoms with van der Waals surface area (Å²) >= 11 is 5.61. The molecule has 0 atom stereocenters. The van der Waals surface area contributed by atoms with Gasteiger partial charge >= 0.3 is 5.82 Å². The van der Waals surface area contributed by atoms with Gasteiger partial charge in [-0.25, -0.2) is 0 Å². The van der Waals surface area contributed by atoms with Crippen LogP contribution in [0.25, 0.3) is 0 Å². The number of nitrogens with zero attached hydrogens (tertiary/aromatic N) is 3. The fraction of sp³-hybridized carbons (Fsp3) is 0.375. The van der Waals surface area contributed by atoms with E-state index >= 15 is 0 Å². The Morgan fingerprint density at radius 1 is 1.79 bits per heavy atom. The normalized spacial score (nSPS) is 9.93. The Morgan fingerprint density at radius 2 is 2.43 bits per heavy atom. The Balaban J connectivity index is 2.86. The van der Waals surface area contributed by atoms with Crippen LogP contribution in [0, 0.1) is 10.1 Å². The second kappa shape index (κ2) is 4.23. The van der Waals surface area contributed by atoms with Gasteiger partial charge in [0.25, 0.3) is 0 Å². The molecule has 0 fully saturated rings. The van der Waals surface area contributed by atoms with Crippen molar-refractivity contribution >= 4 is 17.4 Å². The van der Waals surface area contributed by atoms with E-state index in [1.165, 1.54) is 10.9 Å². The smallest absolute Gasteiger partial charge is 0.358 e. The third kappa shape index (κ3) is 2.56. The standard InChI is InChI=1S/C8H10ClN3O2/c1-6(2)3-4-11-5-7(9)8(10-11)12(13)14/h3,5H,4H2,1-2H3. The van der Waals surface area contributed by atoms with Crippen LogP contribution in [0.1, 0.15) is 13.8 Å². The fourth-order valence-electron chi connectivity index (χ4n) is 0.880. The molecule has 0 aliphatic rings. The zero-order valence-corrected chi connectivity index (χ0v) is 8.65. The zero-order chi connectivity index (χ0) is 10.7. The number of rotatable bonds is 3. The summed E-state index contributed by atoms with van der Waals surface area (Å²) in [6.45, 7) is 4.38. The summed E-state index contributed by atoms with van der Waals surface area (Å²) in [5.41, 5.74) is 1.12. The van der Waals surface area contributed by atoms with E-state index in [0.29, 0.717) is 6.54 Å². The van der Waals surface area contributed by atoms with Crippen LogP contribution in [0.5, 0.6) is 0 Å². The maximum absolute atomic E-state index is 10.4. The van der Waals surface area contributed by atoms with Gasteiger partial charge < -0.3 is 10.1 Å². The first-order chi connectivity index (χ1) is 6.50. The molecule has 0 aromatic carbocycles. The SMILES string of the molecule is CC(C)=CCn1cc(Cl)c([N+](=O)[O-])n1. The quantitative estimate of drug-likeness (QED) is 0.442. The molecule has 6 heteroatoms. The molecule has 1 aromatic rings. The van der Waals surface area contributed by atoms with Crippen LogP contribution < -0.4 is 0 Å². The topological polar surface area (TPSA) is 61.0 Å².